The quantitative estimate of drug-likeness (QED) is 0.405. The van der Waals surface area contributed by atoms with Crippen LogP contribution in [0.25, 0.3) is 11.0 Å². The minimum Gasteiger partial charge on any atom is -0.346 e. The Hall–Kier alpha value is -4.46. The topological polar surface area (TPSA) is 105 Å². The van der Waals surface area contributed by atoms with Crippen molar-refractivity contribution in [3.8, 4) is 0 Å². The zero-order valence-corrected chi connectivity index (χ0v) is 19.2. The van der Waals surface area contributed by atoms with Gasteiger partial charge in [-0.3, -0.25) is 14.4 Å². The van der Waals surface area contributed by atoms with E-state index in [9.17, 15) is 14.4 Å². The van der Waals surface area contributed by atoms with Crippen molar-refractivity contribution in [2.45, 2.75) is 24.9 Å². The molecule has 0 fully saturated rings. The second-order valence-electron chi connectivity index (χ2n) is 8.59. The highest BCUT2D eigenvalue weighted by Gasteiger charge is 2.30. The molecule has 0 saturated carbocycles. The van der Waals surface area contributed by atoms with E-state index in [-0.39, 0.29) is 12.3 Å². The van der Waals surface area contributed by atoms with Crippen molar-refractivity contribution in [2.75, 3.05) is 5.32 Å². The summed E-state index contributed by atoms with van der Waals surface area (Å²) in [6.45, 7) is 0. The van der Waals surface area contributed by atoms with Crippen molar-refractivity contribution in [1.29, 1.82) is 0 Å². The molecule has 0 unspecified atom stereocenters. The van der Waals surface area contributed by atoms with Gasteiger partial charge in [0.15, 0.2) is 0 Å². The SMILES string of the molecule is Cn1c([C@H](Cc2ccccc2)NC(=O)C[C@@H]2NC(=O)c3ccccc3NC2=O)nc2ccccc21. The summed E-state index contributed by atoms with van der Waals surface area (Å²) in [6, 6.07) is 23.0. The van der Waals surface area contributed by atoms with E-state index in [2.05, 4.69) is 16.0 Å². The molecule has 1 aliphatic heterocycles. The fraction of sp³-hybridized carbons (Fsp3) is 0.185. The lowest BCUT2D eigenvalue weighted by atomic mass is 10.0. The Morgan fingerprint density at radius 1 is 1.00 bits per heavy atom. The number of para-hydroxylation sites is 3. The van der Waals surface area contributed by atoms with Gasteiger partial charge in [0.25, 0.3) is 5.91 Å². The first kappa shape index (κ1) is 22.3. The number of aryl methyl sites for hydroxylation is 1. The number of imidazole rings is 1. The number of nitrogens with one attached hydrogen (secondary N) is 3. The Balaban J connectivity index is 1.38. The molecule has 5 rings (SSSR count). The molecule has 2 atom stereocenters. The number of carbonyl (C=O) groups excluding carboxylic acids is 3. The van der Waals surface area contributed by atoms with Crippen molar-refractivity contribution in [3.05, 3.63) is 95.8 Å². The van der Waals surface area contributed by atoms with E-state index < -0.39 is 23.9 Å². The summed E-state index contributed by atoms with van der Waals surface area (Å²) in [5.74, 6) is -0.469. The summed E-state index contributed by atoms with van der Waals surface area (Å²) in [6.07, 6.45) is 0.333. The van der Waals surface area contributed by atoms with E-state index in [1.54, 1.807) is 24.3 Å². The minimum absolute atomic E-state index is 0.194. The molecule has 3 amide bonds. The average molecular weight is 468 g/mol. The molecule has 3 N–H and O–H groups in total. The van der Waals surface area contributed by atoms with Crippen LogP contribution in [-0.2, 0) is 23.1 Å². The van der Waals surface area contributed by atoms with Crippen LogP contribution in [0.1, 0.15) is 34.2 Å². The molecule has 176 valence electrons. The number of amides is 3. The number of hydrogen-bond acceptors (Lipinski definition) is 4. The summed E-state index contributed by atoms with van der Waals surface area (Å²) in [4.78, 5) is 43.3. The standard InChI is InChI=1S/C27H25N5O3/c1-32-23-14-8-7-13-20(23)29-25(32)21(15-17-9-3-2-4-10-17)28-24(33)16-22-27(35)30-19-12-6-5-11-18(19)26(34)31-22/h2-14,21-22H,15-16H2,1H3,(H,28,33)(H,30,35)(H,31,34)/t21-,22-/m0/s1. The molecule has 8 nitrogen and oxygen atoms in total. The van der Waals surface area contributed by atoms with Gasteiger partial charge in [0.1, 0.15) is 11.9 Å². The van der Waals surface area contributed by atoms with Crippen LogP contribution in [0.3, 0.4) is 0 Å². The predicted molar refractivity (Wildman–Crippen MR) is 133 cm³/mol. The van der Waals surface area contributed by atoms with Crippen molar-refractivity contribution >= 4 is 34.4 Å². The molecule has 1 aromatic heterocycles. The number of anilines is 1. The van der Waals surface area contributed by atoms with E-state index in [1.165, 1.54) is 0 Å². The van der Waals surface area contributed by atoms with Crippen molar-refractivity contribution in [2.24, 2.45) is 7.05 Å². The smallest absolute Gasteiger partial charge is 0.254 e. The summed E-state index contributed by atoms with van der Waals surface area (Å²) >= 11 is 0. The summed E-state index contributed by atoms with van der Waals surface area (Å²) in [5.41, 5.74) is 3.64. The van der Waals surface area contributed by atoms with Gasteiger partial charge in [-0.25, -0.2) is 4.98 Å². The van der Waals surface area contributed by atoms with Gasteiger partial charge in [-0.2, -0.15) is 0 Å². The maximum absolute atomic E-state index is 13.2. The Kier molecular flexibility index (Phi) is 6.01. The van der Waals surface area contributed by atoms with E-state index in [1.807, 2.05) is 66.2 Å². The lowest BCUT2D eigenvalue weighted by Gasteiger charge is -2.21. The second kappa shape index (κ2) is 9.42. The van der Waals surface area contributed by atoms with Gasteiger partial charge in [0.2, 0.25) is 11.8 Å². The molecular weight excluding hydrogens is 442 g/mol. The van der Waals surface area contributed by atoms with Gasteiger partial charge in [0.05, 0.1) is 34.7 Å². The second-order valence-corrected chi connectivity index (χ2v) is 8.59. The largest absolute Gasteiger partial charge is 0.346 e. The zero-order chi connectivity index (χ0) is 24.4. The first-order valence-corrected chi connectivity index (χ1v) is 11.4. The molecule has 8 heteroatoms. The van der Waals surface area contributed by atoms with Gasteiger partial charge in [-0.1, -0.05) is 54.6 Å². The number of aromatic nitrogens is 2. The molecule has 0 aliphatic carbocycles. The van der Waals surface area contributed by atoms with E-state index in [4.69, 9.17) is 4.98 Å². The fourth-order valence-corrected chi connectivity index (χ4v) is 4.43. The molecule has 4 aromatic rings. The van der Waals surface area contributed by atoms with Gasteiger partial charge in [0, 0.05) is 7.05 Å². The van der Waals surface area contributed by atoms with Crippen LogP contribution < -0.4 is 16.0 Å². The molecule has 0 saturated heterocycles. The summed E-state index contributed by atoms with van der Waals surface area (Å²) < 4.78 is 1.97. The molecule has 0 radical (unpaired) electrons. The number of carbonyl (C=O) groups is 3. The molecule has 0 bridgehead atoms. The first-order chi connectivity index (χ1) is 17.0. The summed E-state index contributed by atoms with van der Waals surface area (Å²) in [5, 5.41) is 8.47. The van der Waals surface area contributed by atoms with Crippen molar-refractivity contribution in [1.82, 2.24) is 20.2 Å². The van der Waals surface area contributed by atoms with Crippen LogP contribution in [0.15, 0.2) is 78.9 Å². The molecule has 0 spiro atoms. The van der Waals surface area contributed by atoms with Crippen molar-refractivity contribution < 1.29 is 14.4 Å². The van der Waals surface area contributed by atoms with Crippen LogP contribution in [-0.4, -0.2) is 33.3 Å². The third-order valence-corrected chi connectivity index (χ3v) is 6.19. The highest BCUT2D eigenvalue weighted by atomic mass is 16.2. The third-order valence-electron chi connectivity index (χ3n) is 6.19. The van der Waals surface area contributed by atoms with E-state index in [0.717, 1.165) is 16.6 Å². The number of hydrogen-bond donors (Lipinski definition) is 3. The summed E-state index contributed by atoms with van der Waals surface area (Å²) in [7, 11) is 1.92. The predicted octanol–water partition coefficient (Wildman–Crippen LogP) is 3.11. The fourth-order valence-electron chi connectivity index (χ4n) is 4.43. The Bertz CT molecular complexity index is 1410. The Morgan fingerprint density at radius 3 is 2.51 bits per heavy atom. The highest BCUT2D eigenvalue weighted by molar-refractivity contribution is 6.10. The molecular formula is C27H25N5O3. The van der Waals surface area contributed by atoms with Crippen LogP contribution in [0.2, 0.25) is 0 Å². The lowest BCUT2D eigenvalue weighted by Crippen LogP contribution is -2.45. The van der Waals surface area contributed by atoms with Gasteiger partial charge < -0.3 is 20.5 Å². The number of benzene rings is 3. The normalized spacial score (nSPS) is 16.1. The Labute approximate surface area is 202 Å². The monoisotopic (exact) mass is 467 g/mol. The van der Waals surface area contributed by atoms with Crippen molar-refractivity contribution in [3.63, 3.8) is 0 Å². The molecule has 3 aromatic carbocycles. The van der Waals surface area contributed by atoms with Crippen LogP contribution >= 0.6 is 0 Å². The molecule has 1 aliphatic rings. The van der Waals surface area contributed by atoms with Crippen LogP contribution in [0.4, 0.5) is 5.69 Å². The van der Waals surface area contributed by atoms with Crippen LogP contribution in [0.5, 0.6) is 0 Å². The maximum Gasteiger partial charge on any atom is 0.254 e. The van der Waals surface area contributed by atoms with Gasteiger partial charge in [-0.15, -0.1) is 0 Å². The van der Waals surface area contributed by atoms with Gasteiger partial charge >= 0.3 is 0 Å². The Morgan fingerprint density at radius 2 is 1.71 bits per heavy atom. The molecule has 2 heterocycles. The first-order valence-electron chi connectivity index (χ1n) is 11.4. The van der Waals surface area contributed by atoms with Gasteiger partial charge in [-0.05, 0) is 36.2 Å². The minimum atomic E-state index is -0.993. The number of fused-ring (bicyclic) bond motifs is 2. The maximum atomic E-state index is 13.2. The lowest BCUT2D eigenvalue weighted by molar-refractivity contribution is -0.126. The number of rotatable bonds is 6. The molecule has 35 heavy (non-hydrogen) atoms. The van der Waals surface area contributed by atoms with E-state index in [0.29, 0.717) is 23.5 Å². The number of nitrogens with zero attached hydrogens (tertiary/aromatic N) is 2. The highest BCUT2D eigenvalue weighted by Crippen LogP contribution is 2.23. The van der Waals surface area contributed by atoms with Crippen LogP contribution in [0, 0.1) is 0 Å². The van der Waals surface area contributed by atoms with E-state index >= 15 is 0 Å². The average Bonchev–Trinajstić information content (AvgIpc) is 3.14. The zero-order valence-electron chi connectivity index (χ0n) is 19.2. The third kappa shape index (κ3) is 4.63.